The van der Waals surface area contributed by atoms with Crippen molar-refractivity contribution in [1.29, 1.82) is 0 Å². The van der Waals surface area contributed by atoms with Gasteiger partial charge in [-0.15, -0.1) is 10.2 Å². The zero-order chi connectivity index (χ0) is 19.6. The van der Waals surface area contributed by atoms with Gasteiger partial charge in [-0.25, -0.2) is 0 Å². The molecule has 0 heterocycles. The Bertz CT molecular complexity index is 1280. The van der Waals surface area contributed by atoms with Crippen molar-refractivity contribution in [2.75, 3.05) is 0 Å². The van der Waals surface area contributed by atoms with Gasteiger partial charge in [0.25, 0.3) is 0 Å². The number of hydrogen-bond donors (Lipinski definition) is 1. The van der Waals surface area contributed by atoms with Gasteiger partial charge in [-0.1, -0.05) is 84.9 Å². The fourth-order valence-electron chi connectivity index (χ4n) is 3.68. The second-order valence-electron chi connectivity index (χ2n) is 6.90. The van der Waals surface area contributed by atoms with Gasteiger partial charge >= 0.3 is 0 Å². The summed E-state index contributed by atoms with van der Waals surface area (Å²) in [5, 5.41) is 19.7. The molecule has 0 aromatic heterocycles. The van der Waals surface area contributed by atoms with Gasteiger partial charge in [0.2, 0.25) is 0 Å². The molecule has 29 heavy (non-hydrogen) atoms. The Morgan fingerprint density at radius 2 is 1.14 bits per heavy atom. The highest BCUT2D eigenvalue weighted by atomic mass is 16.3. The molecule has 0 saturated heterocycles. The zero-order valence-corrected chi connectivity index (χ0v) is 15.7. The Hall–Kier alpha value is -3.98. The molecule has 1 N–H and O–H groups in total. The van der Waals surface area contributed by atoms with E-state index in [0.29, 0.717) is 0 Å². The van der Waals surface area contributed by atoms with Crippen molar-refractivity contribution in [3.63, 3.8) is 0 Å². The first-order valence-corrected chi connectivity index (χ1v) is 9.51. The van der Waals surface area contributed by atoms with Gasteiger partial charge in [0.1, 0.15) is 11.4 Å². The van der Waals surface area contributed by atoms with Gasteiger partial charge in [-0.05, 0) is 29.3 Å². The molecule has 4 aliphatic rings. The third-order valence-electron chi connectivity index (χ3n) is 5.10. The van der Waals surface area contributed by atoms with Crippen LogP contribution in [0.1, 0.15) is 0 Å². The quantitative estimate of drug-likeness (QED) is 0.323. The largest absolute Gasteiger partial charge is 0.507 e. The SMILES string of the molecule is Oc1ccccc1-c1cc2cccccc-2c1N=Nc1ccc2cccccc1-2. The van der Waals surface area contributed by atoms with E-state index in [2.05, 4.69) is 40.6 Å². The van der Waals surface area contributed by atoms with E-state index >= 15 is 0 Å². The standard InChI is InChI=1S/C26H18N2O/c29-25-14-8-7-13-22(25)23-17-19-10-4-2-6-12-21(19)26(23)28-27-24-16-15-18-9-3-1-5-11-20(18)24/h1-17,29H. The molecular weight excluding hydrogens is 356 g/mol. The Kier molecular flexibility index (Phi) is 4.26. The van der Waals surface area contributed by atoms with Crippen molar-refractivity contribution >= 4 is 11.4 Å². The molecule has 0 amide bonds. The lowest BCUT2D eigenvalue weighted by Gasteiger charge is -2.04. The number of para-hydroxylation sites is 1. The maximum absolute atomic E-state index is 10.4. The van der Waals surface area contributed by atoms with E-state index in [4.69, 9.17) is 0 Å². The summed E-state index contributed by atoms with van der Waals surface area (Å²) in [6, 6.07) is 33.6. The Balaban J connectivity index is 1.68. The number of benzene rings is 1. The van der Waals surface area contributed by atoms with Crippen LogP contribution in [0.2, 0.25) is 0 Å². The van der Waals surface area contributed by atoms with E-state index in [1.54, 1.807) is 6.07 Å². The lowest BCUT2D eigenvalue weighted by molar-refractivity contribution is 0.477. The van der Waals surface area contributed by atoms with Crippen LogP contribution in [0, 0.1) is 0 Å². The predicted octanol–water partition coefficient (Wildman–Crippen LogP) is 7.68. The molecule has 4 aliphatic carbocycles. The first-order chi connectivity index (χ1) is 14.3. The van der Waals surface area contributed by atoms with Crippen LogP contribution in [0.3, 0.4) is 0 Å². The molecule has 1 aromatic carbocycles. The molecule has 0 radical (unpaired) electrons. The van der Waals surface area contributed by atoms with Crippen molar-refractivity contribution < 1.29 is 5.11 Å². The van der Waals surface area contributed by atoms with Crippen molar-refractivity contribution in [3.8, 4) is 39.1 Å². The molecule has 5 rings (SSSR count). The lowest BCUT2D eigenvalue weighted by Crippen LogP contribution is -1.76. The molecule has 0 fully saturated rings. The minimum absolute atomic E-state index is 0.231. The normalized spacial score (nSPS) is 11.4. The minimum atomic E-state index is 0.231. The molecular formula is C26H18N2O. The molecule has 0 atom stereocenters. The third-order valence-corrected chi connectivity index (χ3v) is 5.10. The summed E-state index contributed by atoms with van der Waals surface area (Å²) >= 11 is 0. The molecule has 0 unspecified atom stereocenters. The highest BCUT2D eigenvalue weighted by Crippen LogP contribution is 2.47. The fraction of sp³-hybridized carbons (Fsp3) is 0. The van der Waals surface area contributed by atoms with Gasteiger partial charge in [0, 0.05) is 22.3 Å². The molecule has 0 spiro atoms. The van der Waals surface area contributed by atoms with E-state index in [1.807, 2.05) is 66.7 Å². The second kappa shape index (κ2) is 7.21. The Morgan fingerprint density at radius 1 is 0.483 bits per heavy atom. The summed E-state index contributed by atoms with van der Waals surface area (Å²) in [5.74, 6) is 0.231. The third kappa shape index (κ3) is 3.13. The van der Waals surface area contributed by atoms with E-state index in [1.165, 1.54) is 0 Å². The van der Waals surface area contributed by atoms with E-state index < -0.39 is 0 Å². The number of fused-ring (bicyclic) bond motifs is 2. The van der Waals surface area contributed by atoms with Crippen molar-refractivity contribution in [3.05, 3.63) is 103 Å². The summed E-state index contributed by atoms with van der Waals surface area (Å²) < 4.78 is 0. The first kappa shape index (κ1) is 17.1. The number of azo groups is 1. The monoisotopic (exact) mass is 374 g/mol. The van der Waals surface area contributed by atoms with Gasteiger partial charge in [-0.2, -0.15) is 0 Å². The highest BCUT2D eigenvalue weighted by Gasteiger charge is 2.18. The van der Waals surface area contributed by atoms with Crippen LogP contribution in [-0.2, 0) is 0 Å². The average molecular weight is 374 g/mol. The predicted molar refractivity (Wildman–Crippen MR) is 117 cm³/mol. The molecule has 3 heteroatoms. The summed E-state index contributed by atoms with van der Waals surface area (Å²) in [7, 11) is 0. The van der Waals surface area contributed by atoms with Crippen LogP contribution >= 0.6 is 0 Å². The van der Waals surface area contributed by atoms with Crippen LogP contribution in [0.5, 0.6) is 5.75 Å². The van der Waals surface area contributed by atoms with Crippen LogP contribution in [0.15, 0.2) is 113 Å². The van der Waals surface area contributed by atoms with Crippen molar-refractivity contribution in [2.24, 2.45) is 10.2 Å². The first-order valence-electron chi connectivity index (χ1n) is 9.51. The molecule has 1 aromatic rings. The Morgan fingerprint density at radius 3 is 1.97 bits per heavy atom. The minimum Gasteiger partial charge on any atom is -0.507 e. The molecule has 0 aliphatic heterocycles. The van der Waals surface area contributed by atoms with Gasteiger partial charge in [0.05, 0.1) is 5.69 Å². The highest BCUT2D eigenvalue weighted by molar-refractivity contribution is 5.95. The van der Waals surface area contributed by atoms with Crippen LogP contribution in [0.4, 0.5) is 11.4 Å². The van der Waals surface area contributed by atoms with Crippen LogP contribution in [0.25, 0.3) is 33.4 Å². The van der Waals surface area contributed by atoms with E-state index in [9.17, 15) is 5.11 Å². The fourth-order valence-corrected chi connectivity index (χ4v) is 3.68. The van der Waals surface area contributed by atoms with Crippen molar-refractivity contribution in [1.82, 2.24) is 0 Å². The molecule has 0 saturated carbocycles. The second-order valence-corrected chi connectivity index (χ2v) is 6.90. The summed E-state index contributed by atoms with van der Waals surface area (Å²) in [6.07, 6.45) is 0. The maximum Gasteiger partial charge on any atom is 0.123 e. The van der Waals surface area contributed by atoms with Crippen LogP contribution in [-0.4, -0.2) is 5.11 Å². The number of phenolic OH excluding ortho intramolecular Hbond substituents is 1. The van der Waals surface area contributed by atoms with Crippen molar-refractivity contribution in [2.45, 2.75) is 0 Å². The van der Waals surface area contributed by atoms with Gasteiger partial charge < -0.3 is 5.11 Å². The smallest absolute Gasteiger partial charge is 0.123 e. The van der Waals surface area contributed by atoms with Gasteiger partial charge in [0.15, 0.2) is 0 Å². The number of phenols is 1. The summed E-state index contributed by atoms with van der Waals surface area (Å²) in [4.78, 5) is 0. The number of hydrogen-bond acceptors (Lipinski definition) is 3. The number of rotatable bonds is 3. The zero-order valence-electron chi connectivity index (χ0n) is 15.7. The van der Waals surface area contributed by atoms with Crippen LogP contribution < -0.4 is 0 Å². The number of aromatic hydroxyl groups is 1. The lowest BCUT2D eigenvalue weighted by atomic mass is 10.1. The topological polar surface area (TPSA) is 45.0 Å². The van der Waals surface area contributed by atoms with Gasteiger partial charge in [-0.3, -0.25) is 0 Å². The van der Waals surface area contributed by atoms with E-state index in [-0.39, 0.29) is 5.75 Å². The number of nitrogens with zero attached hydrogens (tertiary/aromatic N) is 2. The summed E-state index contributed by atoms with van der Waals surface area (Å²) in [5.41, 5.74) is 7.45. The average Bonchev–Trinajstić information content (AvgIpc) is 3.05. The molecule has 3 nitrogen and oxygen atoms in total. The molecule has 138 valence electrons. The maximum atomic E-state index is 10.4. The van der Waals surface area contributed by atoms with E-state index in [0.717, 1.165) is 44.8 Å². The Labute approximate surface area is 169 Å². The summed E-state index contributed by atoms with van der Waals surface area (Å²) in [6.45, 7) is 0. The molecule has 0 bridgehead atoms.